The number of carbonyl (C=O) groups is 3. The first kappa shape index (κ1) is 20.8. The van der Waals surface area contributed by atoms with Gasteiger partial charge >= 0.3 is 18.0 Å². The van der Waals surface area contributed by atoms with Crippen molar-refractivity contribution in [2.45, 2.75) is 13.2 Å². The highest BCUT2D eigenvalue weighted by molar-refractivity contribution is 5.96. The van der Waals surface area contributed by atoms with E-state index >= 15 is 0 Å². The van der Waals surface area contributed by atoms with Crippen LogP contribution in [-0.4, -0.2) is 62.0 Å². The van der Waals surface area contributed by atoms with Gasteiger partial charge in [-0.25, -0.2) is 19.3 Å². The number of hydrogen-bond donors (Lipinski definition) is 0. The van der Waals surface area contributed by atoms with Crippen molar-refractivity contribution in [2.75, 3.05) is 32.8 Å². The van der Waals surface area contributed by atoms with Crippen molar-refractivity contribution in [1.29, 1.82) is 0 Å². The lowest BCUT2D eigenvalue weighted by atomic mass is 10.3. The minimum absolute atomic E-state index is 0.0924. The molecule has 1 heterocycles. The van der Waals surface area contributed by atoms with Crippen LogP contribution in [0.15, 0.2) is 54.5 Å². The first-order chi connectivity index (χ1) is 13.4. The van der Waals surface area contributed by atoms with Gasteiger partial charge in [0.1, 0.15) is 5.70 Å². The topological polar surface area (TPSA) is 88.6 Å². The lowest BCUT2D eigenvalue weighted by Crippen LogP contribution is -2.54. The molecule has 1 aliphatic rings. The molecule has 0 N–H and O–H groups in total. The fourth-order valence-corrected chi connectivity index (χ4v) is 2.67. The van der Waals surface area contributed by atoms with Crippen molar-refractivity contribution in [1.82, 2.24) is 9.80 Å². The molecule has 9 nitrogen and oxygen atoms in total. The molecule has 0 saturated carbocycles. The molecular formula is C19H23N3O6. The molecule has 0 fully saturated rings. The van der Waals surface area contributed by atoms with E-state index in [1.807, 2.05) is 6.07 Å². The molecule has 1 aliphatic heterocycles. The Morgan fingerprint density at radius 1 is 1.11 bits per heavy atom. The maximum absolute atomic E-state index is 12.8. The van der Waals surface area contributed by atoms with E-state index in [1.165, 1.54) is 24.0 Å². The third-order valence-corrected chi connectivity index (χ3v) is 3.93. The van der Waals surface area contributed by atoms with Crippen LogP contribution in [0.5, 0.6) is 0 Å². The van der Waals surface area contributed by atoms with Gasteiger partial charge in [-0.15, -0.1) is 0 Å². The summed E-state index contributed by atoms with van der Waals surface area (Å²) in [5.74, 6) is -1.49. The van der Waals surface area contributed by atoms with Crippen molar-refractivity contribution in [3.05, 3.63) is 54.5 Å². The van der Waals surface area contributed by atoms with Gasteiger partial charge in [0.2, 0.25) is 0 Å². The summed E-state index contributed by atoms with van der Waals surface area (Å²) in [5, 5.41) is 0. The summed E-state index contributed by atoms with van der Waals surface area (Å²) in [6, 6.07) is 8.85. The first-order valence-corrected chi connectivity index (χ1v) is 8.52. The molecule has 1 unspecified atom stereocenters. The van der Waals surface area contributed by atoms with E-state index in [9.17, 15) is 14.4 Å². The number of ether oxygens (including phenoxy) is 3. The van der Waals surface area contributed by atoms with Crippen molar-refractivity contribution in [3.63, 3.8) is 0 Å². The van der Waals surface area contributed by atoms with E-state index in [4.69, 9.17) is 9.47 Å². The fraction of sp³-hybridized carbons (Fsp3) is 0.316. The van der Waals surface area contributed by atoms with Gasteiger partial charge in [0.15, 0.2) is 6.29 Å². The van der Waals surface area contributed by atoms with Crippen LogP contribution in [0.4, 0.5) is 10.5 Å². The second-order valence-corrected chi connectivity index (χ2v) is 5.67. The Labute approximate surface area is 163 Å². The van der Waals surface area contributed by atoms with E-state index in [1.54, 1.807) is 55.5 Å². The highest BCUT2D eigenvalue weighted by Crippen LogP contribution is 2.28. The molecule has 0 aromatic heterocycles. The van der Waals surface area contributed by atoms with Gasteiger partial charge in [0.25, 0.3) is 0 Å². The fourth-order valence-electron chi connectivity index (χ4n) is 2.67. The Hall–Kier alpha value is -3.49. The number of carbonyl (C=O) groups excluding carboxylic acids is 3. The van der Waals surface area contributed by atoms with Crippen LogP contribution in [0.1, 0.15) is 6.92 Å². The number of rotatable bonds is 6. The molecule has 1 amide bonds. The predicted molar refractivity (Wildman–Crippen MR) is 101 cm³/mol. The normalized spacial score (nSPS) is 16.0. The van der Waals surface area contributed by atoms with Crippen LogP contribution in [0.25, 0.3) is 0 Å². The minimum atomic E-state index is -0.809. The van der Waals surface area contributed by atoms with E-state index in [2.05, 4.69) is 4.74 Å². The van der Waals surface area contributed by atoms with Gasteiger partial charge in [-0.05, 0) is 19.1 Å². The molecule has 0 radical (unpaired) electrons. The van der Waals surface area contributed by atoms with Gasteiger partial charge in [0.05, 0.1) is 32.6 Å². The Kier molecular flexibility index (Phi) is 7.02. The monoisotopic (exact) mass is 389 g/mol. The summed E-state index contributed by atoms with van der Waals surface area (Å²) in [6.45, 7) is 1.88. The number of esters is 2. The molecule has 0 bridgehead atoms. The highest BCUT2D eigenvalue weighted by Gasteiger charge is 2.39. The van der Waals surface area contributed by atoms with Gasteiger partial charge in [0, 0.05) is 19.4 Å². The Bertz CT molecular complexity index is 777. The van der Waals surface area contributed by atoms with Crippen LogP contribution >= 0.6 is 0 Å². The molecule has 1 atom stereocenters. The van der Waals surface area contributed by atoms with Crippen LogP contribution in [0, 0.1) is 0 Å². The van der Waals surface area contributed by atoms with Crippen LogP contribution in [0.3, 0.4) is 0 Å². The third-order valence-electron chi connectivity index (χ3n) is 3.93. The molecule has 0 spiro atoms. The summed E-state index contributed by atoms with van der Waals surface area (Å²) in [7, 11) is 4.13. The third kappa shape index (κ3) is 4.43. The summed E-state index contributed by atoms with van der Waals surface area (Å²) < 4.78 is 14.7. The zero-order valence-electron chi connectivity index (χ0n) is 16.2. The van der Waals surface area contributed by atoms with Crippen LogP contribution < -0.4 is 4.90 Å². The minimum Gasteiger partial charge on any atom is -0.466 e. The maximum atomic E-state index is 12.8. The summed E-state index contributed by atoms with van der Waals surface area (Å²) in [5.41, 5.74) is 0.457. The second kappa shape index (κ2) is 9.45. The van der Waals surface area contributed by atoms with Gasteiger partial charge in [-0.2, -0.15) is 0 Å². The molecular weight excluding hydrogens is 366 g/mol. The Morgan fingerprint density at radius 3 is 2.36 bits per heavy atom. The Morgan fingerprint density at radius 2 is 1.79 bits per heavy atom. The van der Waals surface area contributed by atoms with Crippen LogP contribution in [0.2, 0.25) is 0 Å². The van der Waals surface area contributed by atoms with Crippen molar-refractivity contribution in [2.24, 2.45) is 0 Å². The van der Waals surface area contributed by atoms with Gasteiger partial charge < -0.3 is 24.0 Å². The maximum Gasteiger partial charge on any atom is 0.417 e. The number of methoxy groups -OCH3 is 2. The Balaban J connectivity index is 2.53. The average molecular weight is 389 g/mol. The summed E-state index contributed by atoms with van der Waals surface area (Å²) >= 11 is 0. The molecule has 1 aromatic rings. The summed E-state index contributed by atoms with van der Waals surface area (Å²) in [6.07, 6.45) is 2.81. The molecule has 2 rings (SSSR count). The summed E-state index contributed by atoms with van der Waals surface area (Å²) in [4.78, 5) is 41.4. The zero-order chi connectivity index (χ0) is 20.7. The van der Waals surface area contributed by atoms with Gasteiger partial charge in [-0.3, -0.25) is 0 Å². The standard InChI is InChI=1S/C19H23N3O6/c1-5-28-19(25)22(14-9-7-6-8-10-14)18-20(2)11-12-21(18)15(17(24)27-4)13-16(23)26-3/h6-13,18H,5H2,1-4H3/b15-13+. The highest BCUT2D eigenvalue weighted by atomic mass is 16.6. The molecule has 0 saturated heterocycles. The van der Waals surface area contributed by atoms with Crippen molar-refractivity contribution < 1.29 is 28.6 Å². The van der Waals surface area contributed by atoms with E-state index in [0.29, 0.717) is 5.69 Å². The number of amides is 1. The second-order valence-electron chi connectivity index (χ2n) is 5.67. The lowest BCUT2D eigenvalue weighted by Gasteiger charge is -2.38. The smallest absolute Gasteiger partial charge is 0.417 e. The largest absolute Gasteiger partial charge is 0.466 e. The van der Waals surface area contributed by atoms with Crippen molar-refractivity contribution in [3.8, 4) is 0 Å². The quantitative estimate of drug-likeness (QED) is 0.414. The van der Waals surface area contributed by atoms with Gasteiger partial charge in [-0.1, -0.05) is 18.2 Å². The van der Waals surface area contributed by atoms with E-state index in [0.717, 1.165) is 6.08 Å². The lowest BCUT2D eigenvalue weighted by molar-refractivity contribution is -0.140. The molecule has 0 aliphatic carbocycles. The van der Waals surface area contributed by atoms with E-state index < -0.39 is 24.3 Å². The molecule has 150 valence electrons. The van der Waals surface area contributed by atoms with Crippen LogP contribution in [-0.2, 0) is 23.8 Å². The average Bonchev–Trinajstić information content (AvgIpc) is 3.07. The van der Waals surface area contributed by atoms with Crippen molar-refractivity contribution >= 4 is 23.7 Å². The zero-order valence-corrected chi connectivity index (χ0v) is 16.2. The van der Waals surface area contributed by atoms with E-state index in [-0.39, 0.29) is 12.3 Å². The number of anilines is 1. The molecule has 9 heteroatoms. The first-order valence-electron chi connectivity index (χ1n) is 8.52. The number of para-hydroxylation sites is 1. The molecule has 1 aromatic carbocycles. The molecule has 28 heavy (non-hydrogen) atoms. The number of nitrogens with zero attached hydrogens (tertiary/aromatic N) is 3. The number of benzene rings is 1. The number of hydrogen-bond acceptors (Lipinski definition) is 8. The SMILES string of the molecule is CCOC(=O)N(c1ccccc1)C1N(C)C=CN1/C(=C/C(=O)OC)C(=O)OC. The predicted octanol–water partition coefficient (Wildman–Crippen LogP) is 1.88.